The SMILES string of the molecule is Cc1c(C(=O)O)c2ccccc2n1C(=O)c1ccc(-c2ccc(Cl)cc2[N+](=O)[O-])o1. The van der Waals surface area contributed by atoms with E-state index in [1.54, 1.807) is 24.3 Å². The number of furan rings is 1. The molecule has 2 aromatic carbocycles. The molecule has 0 bridgehead atoms. The van der Waals surface area contributed by atoms with Gasteiger partial charge in [0.1, 0.15) is 5.76 Å². The van der Waals surface area contributed by atoms with Gasteiger partial charge in [-0.3, -0.25) is 19.5 Å². The Labute approximate surface area is 174 Å². The molecule has 0 unspecified atom stereocenters. The summed E-state index contributed by atoms with van der Waals surface area (Å²) >= 11 is 5.84. The number of halogens is 1. The molecular weight excluding hydrogens is 412 g/mol. The van der Waals surface area contributed by atoms with Crippen LogP contribution in [0.2, 0.25) is 5.02 Å². The number of aromatic nitrogens is 1. The molecule has 9 heteroatoms. The van der Waals surface area contributed by atoms with Crippen molar-refractivity contribution in [3.8, 4) is 11.3 Å². The van der Waals surface area contributed by atoms with E-state index in [1.165, 1.54) is 41.8 Å². The van der Waals surface area contributed by atoms with Crippen molar-refractivity contribution in [1.29, 1.82) is 0 Å². The smallest absolute Gasteiger partial charge is 0.338 e. The van der Waals surface area contributed by atoms with Gasteiger partial charge in [0.25, 0.3) is 11.6 Å². The average Bonchev–Trinajstić information content (AvgIpc) is 3.29. The van der Waals surface area contributed by atoms with Crippen LogP contribution < -0.4 is 0 Å². The minimum absolute atomic E-state index is 0.0269. The molecule has 2 heterocycles. The lowest BCUT2D eigenvalue weighted by atomic mass is 10.1. The Hall–Kier alpha value is -3.91. The highest BCUT2D eigenvalue weighted by molar-refractivity contribution is 6.31. The first-order valence-corrected chi connectivity index (χ1v) is 9.09. The molecule has 4 aromatic rings. The minimum Gasteiger partial charge on any atom is -0.478 e. The molecule has 0 saturated carbocycles. The highest BCUT2D eigenvalue weighted by Crippen LogP contribution is 2.34. The van der Waals surface area contributed by atoms with Crippen LogP contribution in [0.5, 0.6) is 0 Å². The van der Waals surface area contributed by atoms with Crippen LogP contribution in [0.4, 0.5) is 5.69 Å². The summed E-state index contributed by atoms with van der Waals surface area (Å²) in [7, 11) is 0. The Kier molecular flexibility index (Phi) is 4.63. The summed E-state index contributed by atoms with van der Waals surface area (Å²) in [6.07, 6.45) is 0. The highest BCUT2D eigenvalue weighted by Gasteiger charge is 2.26. The molecule has 0 saturated heterocycles. The predicted octanol–water partition coefficient (Wildman–Crippen LogP) is 5.16. The number of carbonyl (C=O) groups is 2. The number of para-hydroxylation sites is 1. The van der Waals surface area contributed by atoms with Crippen LogP contribution in [-0.4, -0.2) is 26.5 Å². The van der Waals surface area contributed by atoms with Crippen molar-refractivity contribution in [3.05, 3.63) is 86.8 Å². The summed E-state index contributed by atoms with van der Waals surface area (Å²) in [5, 5.41) is 21.5. The minimum atomic E-state index is -1.15. The largest absolute Gasteiger partial charge is 0.478 e. The Morgan fingerprint density at radius 2 is 1.87 bits per heavy atom. The average molecular weight is 425 g/mol. The molecule has 4 rings (SSSR count). The zero-order valence-electron chi connectivity index (χ0n) is 15.5. The van der Waals surface area contributed by atoms with E-state index >= 15 is 0 Å². The zero-order chi connectivity index (χ0) is 21.6. The first-order valence-electron chi connectivity index (χ1n) is 8.71. The van der Waals surface area contributed by atoms with E-state index in [0.29, 0.717) is 10.9 Å². The molecule has 2 aromatic heterocycles. The van der Waals surface area contributed by atoms with Gasteiger partial charge in [-0.1, -0.05) is 29.8 Å². The number of hydrogen-bond acceptors (Lipinski definition) is 5. The second-order valence-electron chi connectivity index (χ2n) is 6.51. The first kappa shape index (κ1) is 19.4. The van der Waals surface area contributed by atoms with Gasteiger partial charge in [0, 0.05) is 22.2 Å². The molecule has 0 aliphatic rings. The van der Waals surface area contributed by atoms with E-state index in [-0.39, 0.29) is 39.1 Å². The van der Waals surface area contributed by atoms with Crippen molar-refractivity contribution in [1.82, 2.24) is 4.57 Å². The number of nitro groups is 1. The van der Waals surface area contributed by atoms with Gasteiger partial charge in [-0.05, 0) is 37.3 Å². The van der Waals surface area contributed by atoms with Crippen LogP contribution >= 0.6 is 11.6 Å². The maximum atomic E-state index is 13.2. The number of carbonyl (C=O) groups excluding carboxylic acids is 1. The lowest BCUT2D eigenvalue weighted by molar-refractivity contribution is -0.384. The van der Waals surface area contributed by atoms with Crippen molar-refractivity contribution in [2.45, 2.75) is 6.92 Å². The molecular formula is C21H13ClN2O6. The van der Waals surface area contributed by atoms with Crippen molar-refractivity contribution in [3.63, 3.8) is 0 Å². The number of rotatable bonds is 4. The normalized spacial score (nSPS) is 11.0. The molecule has 0 aliphatic carbocycles. The summed E-state index contributed by atoms with van der Waals surface area (Å²) < 4.78 is 6.89. The van der Waals surface area contributed by atoms with Crippen LogP contribution in [0.15, 0.2) is 59.0 Å². The Bertz CT molecular complexity index is 1350. The van der Waals surface area contributed by atoms with E-state index in [1.807, 2.05) is 0 Å². The van der Waals surface area contributed by atoms with Crippen LogP contribution in [0.25, 0.3) is 22.2 Å². The predicted molar refractivity (Wildman–Crippen MR) is 109 cm³/mol. The molecule has 0 atom stereocenters. The van der Waals surface area contributed by atoms with E-state index in [9.17, 15) is 24.8 Å². The maximum Gasteiger partial charge on any atom is 0.338 e. The fourth-order valence-corrected chi connectivity index (χ4v) is 3.64. The standard InChI is InChI=1S/C21H13ClN2O6/c1-11-19(21(26)27)14-4-2-3-5-15(14)23(11)20(25)18-9-8-17(30-18)13-7-6-12(22)10-16(13)24(28)29/h2-10H,1H3,(H,26,27). The summed E-state index contributed by atoms with van der Waals surface area (Å²) in [6.45, 7) is 1.54. The van der Waals surface area contributed by atoms with Crippen molar-refractivity contribution >= 4 is 40.1 Å². The van der Waals surface area contributed by atoms with Gasteiger partial charge in [-0.15, -0.1) is 0 Å². The highest BCUT2D eigenvalue weighted by atomic mass is 35.5. The number of nitro benzene ring substituents is 1. The number of hydrogen-bond donors (Lipinski definition) is 1. The molecule has 1 N–H and O–H groups in total. The van der Waals surface area contributed by atoms with Crippen LogP contribution in [-0.2, 0) is 0 Å². The van der Waals surface area contributed by atoms with E-state index in [0.717, 1.165) is 0 Å². The Morgan fingerprint density at radius 3 is 2.57 bits per heavy atom. The van der Waals surface area contributed by atoms with E-state index in [2.05, 4.69) is 0 Å². The molecule has 0 amide bonds. The zero-order valence-corrected chi connectivity index (χ0v) is 16.2. The van der Waals surface area contributed by atoms with Gasteiger partial charge in [0.2, 0.25) is 0 Å². The Morgan fingerprint density at radius 1 is 1.13 bits per heavy atom. The number of carboxylic acids is 1. The fourth-order valence-electron chi connectivity index (χ4n) is 3.47. The number of benzene rings is 2. The molecule has 0 spiro atoms. The Balaban J connectivity index is 1.83. The van der Waals surface area contributed by atoms with Crippen LogP contribution in [0.1, 0.15) is 26.6 Å². The van der Waals surface area contributed by atoms with Crippen molar-refractivity contribution in [2.75, 3.05) is 0 Å². The van der Waals surface area contributed by atoms with Gasteiger partial charge in [0.05, 0.1) is 21.6 Å². The fraction of sp³-hybridized carbons (Fsp3) is 0.0476. The lowest BCUT2D eigenvalue weighted by Gasteiger charge is -2.05. The maximum absolute atomic E-state index is 13.2. The van der Waals surface area contributed by atoms with E-state index < -0.39 is 16.8 Å². The molecule has 8 nitrogen and oxygen atoms in total. The summed E-state index contributed by atoms with van der Waals surface area (Å²) in [6, 6.07) is 13.6. The number of nitrogens with zero attached hydrogens (tertiary/aromatic N) is 2. The second kappa shape index (κ2) is 7.16. The summed E-state index contributed by atoms with van der Waals surface area (Å²) in [4.78, 5) is 35.6. The second-order valence-corrected chi connectivity index (χ2v) is 6.94. The quantitative estimate of drug-likeness (QED) is 0.357. The first-order chi connectivity index (χ1) is 14.3. The number of aromatic carboxylic acids is 1. The van der Waals surface area contributed by atoms with E-state index in [4.69, 9.17) is 16.0 Å². The monoisotopic (exact) mass is 424 g/mol. The van der Waals surface area contributed by atoms with Crippen LogP contribution in [0, 0.1) is 17.0 Å². The topological polar surface area (TPSA) is 116 Å². The van der Waals surface area contributed by atoms with Crippen molar-refractivity contribution < 1.29 is 24.0 Å². The van der Waals surface area contributed by atoms with Gasteiger partial charge < -0.3 is 9.52 Å². The lowest BCUT2D eigenvalue weighted by Crippen LogP contribution is -2.13. The molecule has 150 valence electrons. The molecule has 0 radical (unpaired) electrons. The third kappa shape index (κ3) is 3.03. The van der Waals surface area contributed by atoms with Gasteiger partial charge in [0.15, 0.2) is 5.76 Å². The number of carboxylic acid groups (broad SMARTS) is 1. The third-order valence-corrected chi connectivity index (χ3v) is 5.00. The van der Waals surface area contributed by atoms with Crippen molar-refractivity contribution in [2.24, 2.45) is 0 Å². The van der Waals surface area contributed by atoms with Crippen LogP contribution in [0.3, 0.4) is 0 Å². The molecule has 0 fully saturated rings. The molecule has 30 heavy (non-hydrogen) atoms. The summed E-state index contributed by atoms with van der Waals surface area (Å²) in [5.74, 6) is -1.70. The molecule has 0 aliphatic heterocycles. The van der Waals surface area contributed by atoms with Gasteiger partial charge in [-0.25, -0.2) is 4.79 Å². The van der Waals surface area contributed by atoms with Gasteiger partial charge in [-0.2, -0.15) is 0 Å². The number of fused-ring (bicyclic) bond motifs is 1. The summed E-state index contributed by atoms with van der Waals surface area (Å²) in [5.41, 5.74) is 0.617. The third-order valence-electron chi connectivity index (χ3n) is 4.77. The van der Waals surface area contributed by atoms with Gasteiger partial charge >= 0.3 is 5.97 Å².